The van der Waals surface area contributed by atoms with Gasteiger partial charge in [0.15, 0.2) is 10.9 Å². The van der Waals surface area contributed by atoms with Crippen molar-refractivity contribution in [1.82, 2.24) is 30.1 Å². The molecule has 0 saturated carbocycles. The number of nitrogens with one attached hydrogen (secondary N) is 3. The van der Waals surface area contributed by atoms with Crippen molar-refractivity contribution in [1.29, 1.82) is 0 Å². The zero-order valence-corrected chi connectivity index (χ0v) is 17.7. The van der Waals surface area contributed by atoms with Gasteiger partial charge in [0.05, 0.1) is 29.0 Å². The number of benzene rings is 1. The zero-order valence-electron chi connectivity index (χ0n) is 16.1. The SMILES string of the molecule is COc1ccc2nc(Nc3nc(Nc4ccc5[nH]ncc5c4)c4sccc4n3)sc2n1. The van der Waals surface area contributed by atoms with Gasteiger partial charge in [-0.15, -0.1) is 11.3 Å². The van der Waals surface area contributed by atoms with Crippen LogP contribution in [0.25, 0.3) is 31.5 Å². The highest BCUT2D eigenvalue weighted by Crippen LogP contribution is 2.32. The molecule has 11 heteroatoms. The molecule has 5 aromatic heterocycles. The Morgan fingerprint density at radius 3 is 2.87 bits per heavy atom. The van der Waals surface area contributed by atoms with Gasteiger partial charge in [0.25, 0.3) is 0 Å². The number of aromatic amines is 1. The number of thiophene rings is 1. The van der Waals surface area contributed by atoms with E-state index >= 15 is 0 Å². The van der Waals surface area contributed by atoms with Gasteiger partial charge >= 0.3 is 0 Å². The molecule has 1 aromatic carbocycles. The number of hydrogen-bond acceptors (Lipinski definition) is 10. The molecule has 0 aliphatic heterocycles. The molecule has 0 aliphatic carbocycles. The van der Waals surface area contributed by atoms with Crippen LogP contribution in [0.2, 0.25) is 0 Å². The van der Waals surface area contributed by atoms with E-state index in [1.165, 1.54) is 11.3 Å². The van der Waals surface area contributed by atoms with E-state index in [0.717, 1.165) is 43.0 Å². The number of methoxy groups -OCH3 is 1. The van der Waals surface area contributed by atoms with Crippen molar-refractivity contribution in [3.8, 4) is 5.88 Å². The second kappa shape index (κ2) is 7.15. The molecule has 0 unspecified atom stereocenters. The van der Waals surface area contributed by atoms with E-state index in [9.17, 15) is 0 Å². The monoisotopic (exact) mass is 446 g/mol. The molecule has 0 bridgehead atoms. The Labute approximate surface area is 183 Å². The van der Waals surface area contributed by atoms with Crippen molar-refractivity contribution in [2.75, 3.05) is 17.7 Å². The summed E-state index contributed by atoms with van der Waals surface area (Å²) in [5, 5.41) is 17.4. The van der Waals surface area contributed by atoms with Crippen LogP contribution in [0.4, 0.5) is 22.6 Å². The maximum absolute atomic E-state index is 5.19. The highest BCUT2D eigenvalue weighted by Gasteiger charge is 2.13. The summed E-state index contributed by atoms with van der Waals surface area (Å²) in [6.07, 6.45) is 1.80. The minimum atomic E-state index is 0.462. The molecular formula is C20H14N8OS2. The molecule has 9 nitrogen and oxygen atoms in total. The van der Waals surface area contributed by atoms with Crippen LogP contribution >= 0.6 is 22.7 Å². The Kier molecular flexibility index (Phi) is 4.14. The number of H-pyrrole nitrogens is 1. The topological polar surface area (TPSA) is 114 Å². The highest BCUT2D eigenvalue weighted by molar-refractivity contribution is 7.21. The fourth-order valence-electron chi connectivity index (χ4n) is 3.22. The third-order valence-electron chi connectivity index (χ3n) is 4.66. The van der Waals surface area contributed by atoms with E-state index in [-0.39, 0.29) is 0 Å². The van der Waals surface area contributed by atoms with Crippen LogP contribution < -0.4 is 15.4 Å². The van der Waals surface area contributed by atoms with E-state index in [0.29, 0.717) is 17.0 Å². The van der Waals surface area contributed by atoms with Crippen LogP contribution in [-0.2, 0) is 0 Å². The molecule has 5 heterocycles. The molecule has 3 N–H and O–H groups in total. The van der Waals surface area contributed by atoms with Gasteiger partial charge < -0.3 is 10.1 Å². The normalized spacial score (nSPS) is 11.4. The van der Waals surface area contributed by atoms with Crippen LogP contribution in [0, 0.1) is 0 Å². The van der Waals surface area contributed by atoms with Crippen LogP contribution in [0.5, 0.6) is 5.88 Å². The molecule has 6 aromatic rings. The van der Waals surface area contributed by atoms with Crippen LogP contribution in [0.15, 0.2) is 48.0 Å². The van der Waals surface area contributed by atoms with Gasteiger partial charge in [-0.1, -0.05) is 11.3 Å². The first-order valence-electron chi connectivity index (χ1n) is 9.29. The average molecular weight is 447 g/mol. The number of aromatic nitrogens is 6. The van der Waals surface area contributed by atoms with E-state index in [1.54, 1.807) is 30.7 Å². The number of fused-ring (bicyclic) bond motifs is 3. The third kappa shape index (κ3) is 3.29. The lowest BCUT2D eigenvalue weighted by Gasteiger charge is -2.09. The van der Waals surface area contributed by atoms with Gasteiger partial charge in [-0.2, -0.15) is 10.1 Å². The lowest BCUT2D eigenvalue weighted by atomic mass is 10.2. The first kappa shape index (κ1) is 18.0. The second-order valence-corrected chi connectivity index (χ2v) is 8.54. The molecule has 0 amide bonds. The number of ether oxygens (including phenoxy) is 1. The smallest absolute Gasteiger partial charge is 0.231 e. The van der Waals surface area contributed by atoms with Crippen molar-refractivity contribution in [3.05, 3.63) is 48.0 Å². The van der Waals surface area contributed by atoms with Crippen LogP contribution in [0.1, 0.15) is 0 Å². The highest BCUT2D eigenvalue weighted by atomic mass is 32.1. The lowest BCUT2D eigenvalue weighted by Crippen LogP contribution is -2.01. The predicted molar refractivity (Wildman–Crippen MR) is 124 cm³/mol. The van der Waals surface area contributed by atoms with Crippen molar-refractivity contribution in [2.45, 2.75) is 0 Å². The minimum Gasteiger partial charge on any atom is -0.481 e. The first-order valence-corrected chi connectivity index (χ1v) is 11.0. The third-order valence-corrected chi connectivity index (χ3v) is 6.46. The quantitative estimate of drug-likeness (QED) is 0.336. The van der Waals surface area contributed by atoms with Crippen molar-refractivity contribution < 1.29 is 4.74 Å². The number of anilines is 4. The summed E-state index contributed by atoms with van der Waals surface area (Å²) in [4.78, 5) is 19.1. The first-order chi connectivity index (χ1) is 15.2. The average Bonchev–Trinajstić information content (AvgIpc) is 3.51. The summed E-state index contributed by atoms with van der Waals surface area (Å²) in [7, 11) is 1.59. The zero-order chi connectivity index (χ0) is 20.8. The molecule has 0 radical (unpaired) electrons. The molecule has 0 atom stereocenters. The van der Waals surface area contributed by atoms with Crippen LogP contribution in [-0.4, -0.2) is 37.2 Å². The van der Waals surface area contributed by atoms with Crippen molar-refractivity contribution in [2.24, 2.45) is 0 Å². The molecule has 6 rings (SSSR count). The number of hydrogen-bond donors (Lipinski definition) is 3. The summed E-state index contributed by atoms with van der Waals surface area (Å²) in [5.41, 5.74) is 3.55. The Balaban J connectivity index is 1.36. The summed E-state index contributed by atoms with van der Waals surface area (Å²) in [6, 6.07) is 11.6. The molecule has 0 fully saturated rings. The molecule has 0 spiro atoms. The van der Waals surface area contributed by atoms with Gasteiger partial charge in [-0.3, -0.25) is 10.4 Å². The summed E-state index contributed by atoms with van der Waals surface area (Å²) < 4.78 is 6.17. The van der Waals surface area contributed by atoms with Gasteiger partial charge in [0, 0.05) is 17.1 Å². The number of nitrogens with zero attached hydrogens (tertiary/aromatic N) is 5. The molecule has 0 aliphatic rings. The molecular weight excluding hydrogens is 432 g/mol. The molecule has 152 valence electrons. The van der Waals surface area contributed by atoms with Gasteiger partial charge in [-0.05, 0) is 35.7 Å². The molecule has 31 heavy (non-hydrogen) atoms. The Hall–Kier alpha value is -3.83. The standard InChI is InChI=1S/C20H14N8OS2/c1-29-15-5-4-14-18(25-15)31-20(24-14)27-19-23-13-6-7-30-16(13)17(26-19)22-11-2-3-12-10(8-11)9-21-28-12/h2-9H,1H3,(H,21,28)(H2,22,23,24,26,27). The summed E-state index contributed by atoms with van der Waals surface area (Å²) >= 11 is 3.01. The molecule has 0 saturated heterocycles. The van der Waals surface area contributed by atoms with Gasteiger partial charge in [0.1, 0.15) is 10.3 Å². The predicted octanol–water partition coefficient (Wildman–Crippen LogP) is 5.07. The largest absolute Gasteiger partial charge is 0.481 e. The summed E-state index contributed by atoms with van der Waals surface area (Å²) in [5.74, 6) is 1.75. The van der Waals surface area contributed by atoms with Crippen LogP contribution in [0.3, 0.4) is 0 Å². The maximum Gasteiger partial charge on any atom is 0.231 e. The summed E-state index contributed by atoms with van der Waals surface area (Å²) in [6.45, 7) is 0. The van der Waals surface area contributed by atoms with E-state index in [4.69, 9.17) is 9.72 Å². The Morgan fingerprint density at radius 1 is 0.968 bits per heavy atom. The maximum atomic E-state index is 5.19. The minimum absolute atomic E-state index is 0.462. The van der Waals surface area contributed by atoms with Crippen molar-refractivity contribution >= 4 is 76.7 Å². The fraction of sp³-hybridized carbons (Fsp3) is 0.0500. The number of rotatable bonds is 5. The van der Waals surface area contributed by atoms with Gasteiger partial charge in [-0.25, -0.2) is 15.0 Å². The van der Waals surface area contributed by atoms with Crippen molar-refractivity contribution in [3.63, 3.8) is 0 Å². The van der Waals surface area contributed by atoms with Gasteiger partial charge in [0.2, 0.25) is 11.8 Å². The van der Waals surface area contributed by atoms with E-state index in [1.807, 2.05) is 35.7 Å². The van der Waals surface area contributed by atoms with E-state index in [2.05, 4.69) is 35.8 Å². The second-order valence-electron chi connectivity index (χ2n) is 6.65. The Morgan fingerprint density at radius 2 is 1.94 bits per heavy atom. The number of pyridine rings is 1. The lowest BCUT2D eigenvalue weighted by molar-refractivity contribution is 0.400. The van der Waals surface area contributed by atoms with E-state index < -0.39 is 0 Å². The fourth-order valence-corrected chi connectivity index (χ4v) is 4.82. The number of thiazole rings is 1. The Bertz CT molecular complexity index is 1550.